The lowest BCUT2D eigenvalue weighted by atomic mass is 9.84. The number of nitrogens with one attached hydrogen (secondary N) is 1. The van der Waals surface area contributed by atoms with E-state index in [4.69, 9.17) is 5.26 Å². The average Bonchev–Trinajstić information content (AvgIpc) is 2.29. The Labute approximate surface area is 98.1 Å². The third-order valence-electron chi connectivity index (χ3n) is 2.45. The number of rotatable bonds is 3. The summed E-state index contributed by atoms with van der Waals surface area (Å²) < 4.78 is 26.6. The van der Waals surface area contributed by atoms with Crippen molar-refractivity contribution in [3.8, 4) is 6.07 Å². The quantitative estimate of drug-likeness (QED) is 0.817. The molecule has 3 nitrogen and oxygen atoms in total. The first kappa shape index (κ1) is 13.1. The smallest absolute Gasteiger partial charge is 0.322 e. The molecule has 0 bridgehead atoms. The van der Waals surface area contributed by atoms with Crippen LogP contribution in [0.5, 0.6) is 0 Å². The van der Waals surface area contributed by atoms with Gasteiger partial charge < -0.3 is 5.32 Å². The predicted molar refractivity (Wildman–Crippen MR) is 58.0 cm³/mol. The summed E-state index contributed by atoms with van der Waals surface area (Å²) in [6, 6.07) is 4.56. The van der Waals surface area contributed by atoms with Gasteiger partial charge in [-0.3, -0.25) is 4.79 Å². The second-order valence-electron chi connectivity index (χ2n) is 4.30. The molecule has 1 rings (SSSR count). The van der Waals surface area contributed by atoms with Crippen LogP contribution in [0.3, 0.4) is 0 Å². The Morgan fingerprint density at radius 1 is 1.47 bits per heavy atom. The summed E-state index contributed by atoms with van der Waals surface area (Å²) in [5.41, 5.74) is -0.630. The fraction of sp³-hybridized carbons (Fsp3) is 0.333. The van der Waals surface area contributed by atoms with Gasteiger partial charge in [-0.25, -0.2) is 8.78 Å². The molecule has 0 unspecified atom stereocenters. The van der Waals surface area contributed by atoms with E-state index in [2.05, 4.69) is 5.32 Å². The molecular weight excluding hydrogens is 226 g/mol. The fourth-order valence-corrected chi connectivity index (χ4v) is 1.45. The van der Waals surface area contributed by atoms with Gasteiger partial charge in [-0.15, -0.1) is 0 Å². The van der Waals surface area contributed by atoms with Gasteiger partial charge in [0.05, 0.1) is 0 Å². The second kappa shape index (κ2) is 4.91. The van der Waals surface area contributed by atoms with Crippen LogP contribution in [0.15, 0.2) is 18.2 Å². The van der Waals surface area contributed by atoms with Crippen LogP contribution in [0.25, 0.3) is 0 Å². The molecule has 0 saturated carbocycles. The summed E-state index contributed by atoms with van der Waals surface area (Å²) >= 11 is 0. The van der Waals surface area contributed by atoms with Gasteiger partial charge >= 0.3 is 5.91 Å². The summed E-state index contributed by atoms with van der Waals surface area (Å²) in [6.45, 7) is 3.37. The highest BCUT2D eigenvalue weighted by molar-refractivity contribution is 5.91. The minimum Gasteiger partial charge on any atom is -0.343 e. The summed E-state index contributed by atoms with van der Waals surface area (Å²) in [7, 11) is 0. The molecule has 17 heavy (non-hydrogen) atoms. The molecule has 0 saturated heterocycles. The third kappa shape index (κ3) is 3.25. The molecule has 1 aromatic rings. The zero-order chi connectivity index (χ0) is 13.1. The maximum absolute atomic E-state index is 13.5. The van der Waals surface area contributed by atoms with E-state index >= 15 is 0 Å². The van der Waals surface area contributed by atoms with Gasteiger partial charge in [0.2, 0.25) is 0 Å². The van der Waals surface area contributed by atoms with Gasteiger partial charge in [-0.1, -0.05) is 13.8 Å². The van der Waals surface area contributed by atoms with E-state index in [-0.39, 0.29) is 12.1 Å². The van der Waals surface area contributed by atoms with E-state index in [0.29, 0.717) is 0 Å². The first-order chi connectivity index (χ1) is 7.86. The normalized spacial score (nSPS) is 10.8. The van der Waals surface area contributed by atoms with Crippen LogP contribution in [0.1, 0.15) is 19.4 Å². The van der Waals surface area contributed by atoms with E-state index in [1.807, 2.05) is 0 Å². The molecule has 0 fully saturated rings. The van der Waals surface area contributed by atoms with Crippen molar-refractivity contribution >= 4 is 5.91 Å². The predicted octanol–water partition coefficient (Wildman–Crippen LogP) is 1.88. The molecule has 1 aromatic carbocycles. The minimum atomic E-state index is -0.796. The highest BCUT2D eigenvalue weighted by Gasteiger charge is 2.25. The molecule has 0 atom stereocenters. The minimum absolute atomic E-state index is 0.0553. The van der Waals surface area contributed by atoms with E-state index < -0.39 is 23.0 Å². The standard InChI is InChI=1S/C12H12F2N2O/c1-12(2,7-16-11(17)6-15)9-5-8(13)3-4-10(9)14/h3-5H,7H2,1-2H3,(H,16,17). The molecule has 0 aromatic heterocycles. The average molecular weight is 238 g/mol. The third-order valence-corrected chi connectivity index (χ3v) is 2.45. The number of amides is 1. The molecule has 90 valence electrons. The van der Waals surface area contributed by atoms with Gasteiger partial charge in [-0.2, -0.15) is 5.26 Å². The van der Waals surface area contributed by atoms with Crippen LogP contribution in [0, 0.1) is 23.0 Å². The van der Waals surface area contributed by atoms with Crippen molar-refractivity contribution in [2.75, 3.05) is 6.54 Å². The van der Waals surface area contributed by atoms with Crippen LogP contribution in [-0.4, -0.2) is 12.5 Å². The van der Waals surface area contributed by atoms with Crippen LogP contribution in [-0.2, 0) is 10.2 Å². The fourth-order valence-electron chi connectivity index (χ4n) is 1.45. The lowest BCUT2D eigenvalue weighted by molar-refractivity contribution is -0.116. The van der Waals surface area contributed by atoms with Crippen LogP contribution < -0.4 is 5.32 Å². The molecule has 0 aliphatic carbocycles. The first-order valence-corrected chi connectivity index (χ1v) is 5.00. The molecule has 1 N–H and O–H groups in total. The zero-order valence-electron chi connectivity index (χ0n) is 9.55. The number of hydrogen-bond donors (Lipinski definition) is 1. The number of nitrogens with zero attached hydrogens (tertiary/aromatic N) is 1. The SMILES string of the molecule is CC(C)(CNC(=O)C#N)c1cc(F)ccc1F. The maximum atomic E-state index is 13.5. The van der Waals surface area contributed by atoms with Crippen LogP contribution >= 0.6 is 0 Å². The van der Waals surface area contributed by atoms with Crippen molar-refractivity contribution in [3.63, 3.8) is 0 Å². The number of carbonyl (C=O) groups is 1. The topological polar surface area (TPSA) is 52.9 Å². The Bertz CT molecular complexity index is 478. The summed E-state index contributed by atoms with van der Waals surface area (Å²) in [5.74, 6) is -1.88. The molecule has 0 spiro atoms. The maximum Gasteiger partial charge on any atom is 0.322 e. The lowest BCUT2D eigenvalue weighted by Gasteiger charge is -2.25. The van der Waals surface area contributed by atoms with Crippen molar-refractivity contribution < 1.29 is 13.6 Å². The van der Waals surface area contributed by atoms with Crippen molar-refractivity contribution in [2.24, 2.45) is 0 Å². The largest absolute Gasteiger partial charge is 0.343 e. The van der Waals surface area contributed by atoms with E-state index in [1.165, 1.54) is 6.07 Å². The van der Waals surface area contributed by atoms with Crippen molar-refractivity contribution in [1.29, 1.82) is 5.26 Å². The van der Waals surface area contributed by atoms with Gasteiger partial charge in [0.15, 0.2) is 6.07 Å². The molecular formula is C12H12F2N2O. The summed E-state index contributed by atoms with van der Waals surface area (Å²) in [6.07, 6.45) is 0. The molecule has 1 amide bonds. The Morgan fingerprint density at radius 2 is 2.12 bits per heavy atom. The van der Waals surface area contributed by atoms with Crippen LogP contribution in [0.2, 0.25) is 0 Å². The van der Waals surface area contributed by atoms with Gasteiger partial charge in [0.1, 0.15) is 11.6 Å². The second-order valence-corrected chi connectivity index (χ2v) is 4.30. The number of carbonyl (C=O) groups excluding carboxylic acids is 1. The number of hydrogen-bond acceptors (Lipinski definition) is 2. The number of nitriles is 1. The lowest BCUT2D eigenvalue weighted by Crippen LogP contribution is -2.36. The van der Waals surface area contributed by atoms with Crippen LogP contribution in [0.4, 0.5) is 8.78 Å². The zero-order valence-corrected chi connectivity index (χ0v) is 9.55. The number of halogens is 2. The molecule has 0 aliphatic heterocycles. The monoisotopic (exact) mass is 238 g/mol. The Morgan fingerprint density at radius 3 is 2.71 bits per heavy atom. The van der Waals surface area contributed by atoms with E-state index in [1.54, 1.807) is 13.8 Å². The van der Waals surface area contributed by atoms with Gasteiger partial charge in [0, 0.05) is 12.0 Å². The molecule has 5 heteroatoms. The highest BCUT2D eigenvalue weighted by atomic mass is 19.1. The molecule has 0 aliphatic rings. The first-order valence-electron chi connectivity index (χ1n) is 5.00. The Kier molecular flexibility index (Phi) is 3.79. The Hall–Kier alpha value is -1.96. The van der Waals surface area contributed by atoms with E-state index in [9.17, 15) is 13.6 Å². The van der Waals surface area contributed by atoms with Gasteiger partial charge in [0.25, 0.3) is 0 Å². The van der Waals surface area contributed by atoms with Crippen molar-refractivity contribution in [2.45, 2.75) is 19.3 Å². The van der Waals surface area contributed by atoms with E-state index in [0.717, 1.165) is 18.2 Å². The van der Waals surface area contributed by atoms with Gasteiger partial charge in [-0.05, 0) is 23.8 Å². The highest BCUT2D eigenvalue weighted by Crippen LogP contribution is 2.25. The van der Waals surface area contributed by atoms with Crippen molar-refractivity contribution in [1.82, 2.24) is 5.32 Å². The summed E-state index contributed by atoms with van der Waals surface area (Å²) in [4.78, 5) is 10.8. The number of benzene rings is 1. The molecule has 0 radical (unpaired) electrons. The Balaban J connectivity index is 2.93. The van der Waals surface area contributed by atoms with Crippen molar-refractivity contribution in [3.05, 3.63) is 35.4 Å². The summed E-state index contributed by atoms with van der Waals surface area (Å²) in [5, 5.41) is 10.6. The molecule has 0 heterocycles.